The summed E-state index contributed by atoms with van der Waals surface area (Å²) in [6.45, 7) is 3.53. The highest BCUT2D eigenvalue weighted by atomic mass is 16.5. The van der Waals surface area contributed by atoms with E-state index >= 15 is 0 Å². The van der Waals surface area contributed by atoms with Gasteiger partial charge in [-0.25, -0.2) is 0 Å². The summed E-state index contributed by atoms with van der Waals surface area (Å²) < 4.78 is 14.5. The Morgan fingerprint density at radius 3 is 2.60 bits per heavy atom. The lowest BCUT2D eigenvalue weighted by molar-refractivity contribution is -0.142. The lowest BCUT2D eigenvalue weighted by Gasteiger charge is -2.43. The molecular weight excluding hydrogens is 376 g/mol. The van der Waals surface area contributed by atoms with Crippen LogP contribution in [0.3, 0.4) is 0 Å². The molecule has 1 N–H and O–H groups in total. The van der Waals surface area contributed by atoms with Crippen molar-refractivity contribution in [3.8, 4) is 11.4 Å². The first-order valence-corrected chi connectivity index (χ1v) is 10.6. The number of ether oxygens (including phenoxy) is 2. The molecule has 5 rings (SSSR count). The van der Waals surface area contributed by atoms with Gasteiger partial charge in [-0.3, -0.25) is 4.79 Å². The van der Waals surface area contributed by atoms with E-state index in [1.807, 2.05) is 24.3 Å². The molecule has 0 bridgehead atoms. The summed E-state index contributed by atoms with van der Waals surface area (Å²) in [6, 6.07) is 20.8. The summed E-state index contributed by atoms with van der Waals surface area (Å²) in [5.41, 5.74) is 5.32. The molecule has 154 valence electrons. The lowest BCUT2D eigenvalue weighted by Crippen LogP contribution is -2.47. The number of benzene rings is 2. The van der Waals surface area contributed by atoms with Crippen LogP contribution in [-0.4, -0.2) is 23.6 Å². The minimum absolute atomic E-state index is 0.250. The second kappa shape index (κ2) is 7.65. The molecular formula is C25H26N2O3. The minimum atomic E-state index is -0.377. The van der Waals surface area contributed by atoms with Gasteiger partial charge < -0.3 is 19.4 Å². The molecule has 0 saturated carbocycles. The van der Waals surface area contributed by atoms with Crippen molar-refractivity contribution in [2.45, 2.75) is 38.4 Å². The number of aromatic nitrogens is 1. The van der Waals surface area contributed by atoms with E-state index in [9.17, 15) is 4.79 Å². The molecule has 5 nitrogen and oxygen atoms in total. The summed E-state index contributed by atoms with van der Waals surface area (Å²) in [5, 5.41) is 3.47. The van der Waals surface area contributed by atoms with Crippen molar-refractivity contribution in [3.63, 3.8) is 0 Å². The monoisotopic (exact) mass is 402 g/mol. The van der Waals surface area contributed by atoms with Gasteiger partial charge in [0.15, 0.2) is 5.60 Å². The van der Waals surface area contributed by atoms with Crippen molar-refractivity contribution in [1.29, 1.82) is 0 Å². The van der Waals surface area contributed by atoms with Crippen LogP contribution in [0.2, 0.25) is 0 Å². The van der Waals surface area contributed by atoms with Crippen molar-refractivity contribution in [2.75, 3.05) is 13.1 Å². The first-order valence-electron chi connectivity index (χ1n) is 10.6. The topological polar surface area (TPSA) is 52.5 Å². The van der Waals surface area contributed by atoms with Gasteiger partial charge in [0.1, 0.15) is 12.4 Å². The molecule has 0 atom stereocenters. The van der Waals surface area contributed by atoms with Crippen LogP contribution in [0, 0.1) is 0 Å². The number of carbonyl (C=O) groups excluding carboxylic acids is 1. The van der Waals surface area contributed by atoms with E-state index in [0.29, 0.717) is 0 Å². The molecule has 2 aliphatic heterocycles. The second-order valence-electron chi connectivity index (χ2n) is 8.10. The number of carbonyl (C=O) groups is 1. The van der Waals surface area contributed by atoms with E-state index in [1.165, 1.54) is 23.7 Å². The molecule has 5 heteroatoms. The summed E-state index contributed by atoms with van der Waals surface area (Å²) in [4.78, 5) is 11.6. The summed E-state index contributed by atoms with van der Waals surface area (Å²) >= 11 is 0. The van der Waals surface area contributed by atoms with Crippen LogP contribution in [-0.2, 0) is 28.2 Å². The Kier molecular flexibility index (Phi) is 4.83. The van der Waals surface area contributed by atoms with Gasteiger partial charge in [-0.2, -0.15) is 0 Å². The van der Waals surface area contributed by atoms with Gasteiger partial charge >= 0.3 is 5.97 Å². The predicted octanol–water partition coefficient (Wildman–Crippen LogP) is 4.10. The van der Waals surface area contributed by atoms with Crippen LogP contribution in [0.5, 0.6) is 5.75 Å². The minimum Gasteiger partial charge on any atom is -0.479 e. The van der Waals surface area contributed by atoms with Crippen molar-refractivity contribution < 1.29 is 14.3 Å². The van der Waals surface area contributed by atoms with Crippen LogP contribution in [0.4, 0.5) is 0 Å². The molecule has 0 amide bonds. The molecule has 2 aromatic carbocycles. The smallest absolute Gasteiger partial charge is 0.303 e. The third-order valence-electron chi connectivity index (χ3n) is 6.07. The molecule has 1 aromatic heterocycles. The van der Waals surface area contributed by atoms with Crippen molar-refractivity contribution in [3.05, 3.63) is 83.2 Å². The molecule has 0 aliphatic carbocycles. The third kappa shape index (κ3) is 3.29. The van der Waals surface area contributed by atoms with Gasteiger partial charge in [-0.1, -0.05) is 42.5 Å². The SMILES string of the molecule is CC(=O)OCc1cc(Cc2ccccc2)c2n1-c1ccccc1OC21CCNCC1. The molecule has 3 heterocycles. The Labute approximate surface area is 176 Å². The Morgan fingerprint density at radius 1 is 1.10 bits per heavy atom. The number of piperidine rings is 1. The quantitative estimate of drug-likeness (QED) is 0.668. The lowest BCUT2D eigenvalue weighted by atomic mass is 9.84. The molecule has 1 spiro atoms. The first-order chi connectivity index (χ1) is 14.7. The second-order valence-corrected chi connectivity index (χ2v) is 8.10. The van der Waals surface area contributed by atoms with E-state index in [0.717, 1.165) is 49.5 Å². The molecule has 2 aliphatic rings. The van der Waals surface area contributed by atoms with Gasteiger partial charge in [0.2, 0.25) is 0 Å². The van der Waals surface area contributed by atoms with Gasteiger partial charge in [-0.05, 0) is 48.8 Å². The Hall–Kier alpha value is -3.05. The fraction of sp³-hybridized carbons (Fsp3) is 0.320. The van der Waals surface area contributed by atoms with Crippen LogP contribution in [0.15, 0.2) is 60.7 Å². The number of para-hydroxylation sites is 2. The number of nitrogens with one attached hydrogen (secondary N) is 1. The van der Waals surface area contributed by atoms with Gasteiger partial charge in [0, 0.05) is 19.8 Å². The number of hydrogen-bond acceptors (Lipinski definition) is 4. The summed E-state index contributed by atoms with van der Waals surface area (Å²) in [5.74, 6) is 0.616. The van der Waals surface area contributed by atoms with Gasteiger partial charge in [0.05, 0.1) is 17.1 Å². The predicted molar refractivity (Wildman–Crippen MR) is 115 cm³/mol. The first kappa shape index (κ1) is 18.9. The Bertz CT molecular complexity index is 1070. The molecule has 3 aromatic rings. The Balaban J connectivity index is 1.70. The zero-order chi connectivity index (χ0) is 20.6. The third-order valence-corrected chi connectivity index (χ3v) is 6.07. The average molecular weight is 402 g/mol. The Morgan fingerprint density at radius 2 is 1.83 bits per heavy atom. The fourth-order valence-corrected chi connectivity index (χ4v) is 4.78. The molecule has 1 fully saturated rings. The van der Waals surface area contributed by atoms with Crippen LogP contribution in [0.1, 0.15) is 42.3 Å². The van der Waals surface area contributed by atoms with Crippen molar-refractivity contribution in [2.24, 2.45) is 0 Å². The van der Waals surface area contributed by atoms with Gasteiger partial charge in [-0.15, -0.1) is 0 Å². The number of nitrogens with zero attached hydrogens (tertiary/aromatic N) is 1. The summed E-state index contributed by atoms with van der Waals surface area (Å²) in [7, 11) is 0. The highest BCUT2D eigenvalue weighted by Crippen LogP contribution is 2.47. The van der Waals surface area contributed by atoms with Crippen molar-refractivity contribution in [1.82, 2.24) is 9.88 Å². The maximum atomic E-state index is 11.6. The van der Waals surface area contributed by atoms with E-state index in [4.69, 9.17) is 9.47 Å². The van der Waals surface area contributed by atoms with E-state index in [-0.39, 0.29) is 18.2 Å². The highest BCUT2D eigenvalue weighted by molar-refractivity contribution is 5.66. The van der Waals surface area contributed by atoms with E-state index < -0.39 is 0 Å². The van der Waals surface area contributed by atoms with Gasteiger partial charge in [0.25, 0.3) is 0 Å². The van der Waals surface area contributed by atoms with Crippen molar-refractivity contribution >= 4 is 5.97 Å². The van der Waals surface area contributed by atoms with Crippen LogP contribution < -0.4 is 10.1 Å². The zero-order valence-electron chi connectivity index (χ0n) is 17.2. The maximum absolute atomic E-state index is 11.6. The largest absolute Gasteiger partial charge is 0.479 e. The maximum Gasteiger partial charge on any atom is 0.303 e. The highest BCUT2D eigenvalue weighted by Gasteiger charge is 2.45. The van der Waals surface area contributed by atoms with Crippen LogP contribution in [0.25, 0.3) is 5.69 Å². The molecule has 0 radical (unpaired) electrons. The number of hydrogen-bond donors (Lipinski definition) is 1. The normalized spacial score (nSPS) is 16.4. The molecule has 30 heavy (non-hydrogen) atoms. The summed E-state index contributed by atoms with van der Waals surface area (Å²) in [6.07, 6.45) is 2.62. The number of fused-ring (bicyclic) bond motifs is 4. The zero-order valence-corrected chi connectivity index (χ0v) is 17.2. The van der Waals surface area contributed by atoms with Crippen LogP contribution >= 0.6 is 0 Å². The fourth-order valence-electron chi connectivity index (χ4n) is 4.78. The standard InChI is InChI=1S/C25H26N2O3/c1-18(28)29-17-21-16-20(15-19-7-3-2-4-8-19)24-25(11-13-26-14-12-25)30-23-10-6-5-9-22(23)27(21)24/h2-10,16,26H,11-15,17H2,1H3. The molecule has 1 saturated heterocycles. The average Bonchev–Trinajstić information content (AvgIpc) is 3.13. The molecule has 0 unspecified atom stereocenters. The van der Waals surface area contributed by atoms with E-state index in [2.05, 4.69) is 46.3 Å². The number of rotatable bonds is 4. The number of esters is 1. The van der Waals surface area contributed by atoms with E-state index in [1.54, 1.807) is 0 Å².